The standard InChI is InChI=1S/C52H26N4/c1-27-16-33(25-55)40(19-31(27)23-53)49-45-21-42-37-13-7-12-36-35-11-4-3-8-30(35)18-44(48(36)37)43(42)22-46(45)50(41-20-32(24-54)28(2)17-34(41)26-56)52-39-15-6-10-29-9-5-14-38(47(29)39)51(49)52/h3-22H,1-2H3. The topological polar surface area (TPSA) is 95.2 Å². The second-order valence-corrected chi connectivity index (χ2v) is 14.9. The van der Waals surface area contributed by atoms with Crippen LogP contribution in [0.1, 0.15) is 33.4 Å². The van der Waals surface area contributed by atoms with Crippen molar-refractivity contribution < 1.29 is 0 Å². The van der Waals surface area contributed by atoms with Gasteiger partial charge in [-0.25, -0.2) is 0 Å². The second-order valence-electron chi connectivity index (χ2n) is 14.9. The second kappa shape index (κ2) is 11.2. The first-order valence-corrected chi connectivity index (χ1v) is 18.5. The summed E-state index contributed by atoms with van der Waals surface area (Å²) < 4.78 is 0. The average molecular weight is 707 g/mol. The normalized spacial score (nSPS) is 11.7. The van der Waals surface area contributed by atoms with E-state index in [0.717, 1.165) is 92.3 Å². The lowest BCUT2D eigenvalue weighted by Crippen LogP contribution is -1.96. The molecule has 0 aliphatic rings. The zero-order valence-electron chi connectivity index (χ0n) is 30.3. The number of nitriles is 4. The van der Waals surface area contributed by atoms with Gasteiger partial charge >= 0.3 is 0 Å². The van der Waals surface area contributed by atoms with Crippen molar-refractivity contribution in [3.8, 4) is 46.5 Å². The Morgan fingerprint density at radius 1 is 0.321 bits per heavy atom. The average Bonchev–Trinajstić information content (AvgIpc) is 3.73. The molecule has 11 rings (SSSR count). The molecular weight excluding hydrogens is 681 g/mol. The van der Waals surface area contributed by atoms with Crippen molar-refractivity contribution in [2.75, 3.05) is 0 Å². The van der Waals surface area contributed by atoms with Crippen LogP contribution >= 0.6 is 0 Å². The molecule has 0 saturated heterocycles. The third kappa shape index (κ3) is 3.98. The van der Waals surface area contributed by atoms with Crippen LogP contribution < -0.4 is 0 Å². The molecule has 0 fully saturated rings. The summed E-state index contributed by atoms with van der Waals surface area (Å²) in [4.78, 5) is 0. The highest BCUT2D eigenvalue weighted by Crippen LogP contribution is 2.54. The highest BCUT2D eigenvalue weighted by Gasteiger charge is 2.28. The fourth-order valence-electron chi connectivity index (χ4n) is 9.69. The summed E-state index contributed by atoms with van der Waals surface area (Å²) in [5, 5.41) is 59.4. The van der Waals surface area contributed by atoms with Crippen molar-refractivity contribution in [2.24, 2.45) is 0 Å². The Balaban J connectivity index is 1.50. The van der Waals surface area contributed by atoms with Crippen LogP contribution in [0, 0.1) is 59.2 Å². The molecule has 0 amide bonds. The Hall–Kier alpha value is -8.02. The Morgan fingerprint density at radius 3 is 1.32 bits per heavy atom. The largest absolute Gasteiger partial charge is 0.192 e. The van der Waals surface area contributed by atoms with Gasteiger partial charge in [0.05, 0.1) is 46.5 Å². The van der Waals surface area contributed by atoms with Gasteiger partial charge in [-0.1, -0.05) is 78.9 Å². The highest BCUT2D eigenvalue weighted by atomic mass is 14.3. The first-order valence-electron chi connectivity index (χ1n) is 18.5. The lowest BCUT2D eigenvalue weighted by Gasteiger charge is -2.19. The number of benzene rings is 9. The molecule has 0 heterocycles. The van der Waals surface area contributed by atoms with Crippen molar-refractivity contribution in [3.63, 3.8) is 0 Å². The van der Waals surface area contributed by atoms with Gasteiger partial charge in [0.1, 0.15) is 0 Å². The maximum atomic E-state index is 10.8. The lowest BCUT2D eigenvalue weighted by molar-refractivity contribution is 1.37. The maximum absolute atomic E-state index is 10.8. The molecule has 0 N–H and O–H groups in total. The molecule has 0 atom stereocenters. The van der Waals surface area contributed by atoms with Crippen molar-refractivity contribution in [1.82, 2.24) is 0 Å². The summed E-state index contributed by atoms with van der Waals surface area (Å²) in [6.07, 6.45) is 0. The minimum Gasteiger partial charge on any atom is -0.192 e. The number of rotatable bonds is 2. The molecule has 0 aliphatic heterocycles. The van der Waals surface area contributed by atoms with Crippen LogP contribution in [0.25, 0.3) is 108 Å². The number of hydrogen-bond acceptors (Lipinski definition) is 4. The van der Waals surface area contributed by atoms with Crippen LogP contribution in [-0.4, -0.2) is 0 Å². The molecule has 0 bridgehead atoms. The van der Waals surface area contributed by atoms with Crippen LogP contribution in [0.2, 0.25) is 0 Å². The van der Waals surface area contributed by atoms with E-state index >= 15 is 0 Å². The van der Waals surface area contributed by atoms with Crippen LogP contribution in [0.4, 0.5) is 0 Å². The molecule has 254 valence electrons. The van der Waals surface area contributed by atoms with Gasteiger partial charge < -0.3 is 0 Å². The molecule has 0 radical (unpaired) electrons. The molecule has 0 saturated carbocycles. The van der Waals surface area contributed by atoms with Gasteiger partial charge in [0.25, 0.3) is 0 Å². The molecule has 0 aromatic heterocycles. The van der Waals surface area contributed by atoms with E-state index in [1.165, 1.54) is 16.2 Å². The minimum atomic E-state index is 0.484. The van der Waals surface area contributed by atoms with E-state index < -0.39 is 0 Å². The number of aryl methyl sites for hydroxylation is 2. The summed E-state index contributed by atoms with van der Waals surface area (Å²) >= 11 is 0. The molecule has 11 aromatic carbocycles. The van der Waals surface area contributed by atoms with E-state index in [-0.39, 0.29) is 0 Å². The van der Waals surface area contributed by atoms with Crippen molar-refractivity contribution >= 4 is 86.2 Å². The van der Waals surface area contributed by atoms with Crippen LogP contribution in [0.5, 0.6) is 0 Å². The fourth-order valence-corrected chi connectivity index (χ4v) is 9.69. The van der Waals surface area contributed by atoms with Gasteiger partial charge in [0.15, 0.2) is 0 Å². The number of hydrogen-bond donors (Lipinski definition) is 0. The zero-order valence-corrected chi connectivity index (χ0v) is 30.3. The SMILES string of the molecule is Cc1cc(C#N)c(-c2c3cc4c(cc3c(-c3cc(C#N)c(C)cc3C#N)c3c5cccc6cccc(c23)c65)c2cc3ccccc3c3cccc4c32)cc1C#N. The van der Waals surface area contributed by atoms with Gasteiger partial charge in [-0.05, 0) is 165 Å². The van der Waals surface area contributed by atoms with E-state index in [0.29, 0.717) is 33.4 Å². The van der Waals surface area contributed by atoms with Crippen LogP contribution in [0.3, 0.4) is 0 Å². The molecule has 4 nitrogen and oxygen atoms in total. The zero-order chi connectivity index (χ0) is 38.0. The smallest absolute Gasteiger partial charge is 0.0998 e. The number of nitrogens with zero attached hydrogens (tertiary/aromatic N) is 4. The molecular formula is C52H26N4. The molecule has 4 heteroatoms. The van der Waals surface area contributed by atoms with Crippen molar-refractivity contribution in [3.05, 3.63) is 155 Å². The Labute approximate surface area is 321 Å². The summed E-state index contributed by atoms with van der Waals surface area (Å²) in [5.41, 5.74) is 6.59. The summed E-state index contributed by atoms with van der Waals surface area (Å²) in [6, 6.07) is 51.6. The van der Waals surface area contributed by atoms with Gasteiger partial charge in [-0.2, -0.15) is 21.0 Å². The lowest BCUT2D eigenvalue weighted by atomic mass is 9.82. The molecule has 0 aliphatic carbocycles. The summed E-state index contributed by atoms with van der Waals surface area (Å²) in [7, 11) is 0. The Kier molecular flexibility index (Phi) is 6.33. The number of fused-ring (bicyclic) bond motifs is 9. The monoisotopic (exact) mass is 706 g/mol. The van der Waals surface area contributed by atoms with E-state index in [1.54, 1.807) is 0 Å². The minimum absolute atomic E-state index is 0.484. The molecule has 0 spiro atoms. The third-order valence-corrected chi connectivity index (χ3v) is 12.1. The molecule has 56 heavy (non-hydrogen) atoms. The Bertz CT molecular complexity index is 3760. The van der Waals surface area contributed by atoms with E-state index in [9.17, 15) is 21.0 Å². The predicted octanol–water partition coefficient (Wildman–Crippen LogP) is 13.2. The van der Waals surface area contributed by atoms with Crippen LogP contribution in [0.15, 0.2) is 121 Å². The van der Waals surface area contributed by atoms with E-state index in [1.807, 2.05) is 38.1 Å². The highest BCUT2D eigenvalue weighted by molar-refractivity contribution is 6.42. The fraction of sp³-hybridized carbons (Fsp3) is 0.0385. The molecule has 11 aromatic rings. The van der Waals surface area contributed by atoms with Crippen molar-refractivity contribution in [2.45, 2.75) is 13.8 Å². The van der Waals surface area contributed by atoms with E-state index in [4.69, 9.17) is 0 Å². The summed E-state index contributed by atoms with van der Waals surface area (Å²) in [6.45, 7) is 3.74. The first kappa shape index (κ1) is 31.5. The molecule has 0 unspecified atom stereocenters. The van der Waals surface area contributed by atoms with E-state index in [2.05, 4.69) is 121 Å². The summed E-state index contributed by atoms with van der Waals surface area (Å²) in [5.74, 6) is 0. The third-order valence-electron chi connectivity index (χ3n) is 12.1. The maximum Gasteiger partial charge on any atom is 0.0998 e. The van der Waals surface area contributed by atoms with Crippen LogP contribution in [-0.2, 0) is 0 Å². The van der Waals surface area contributed by atoms with Gasteiger partial charge in [0.2, 0.25) is 0 Å². The first-order chi connectivity index (χ1) is 27.4. The van der Waals surface area contributed by atoms with Gasteiger partial charge in [-0.3, -0.25) is 0 Å². The Morgan fingerprint density at radius 2 is 0.768 bits per heavy atom. The van der Waals surface area contributed by atoms with Gasteiger partial charge in [-0.15, -0.1) is 0 Å². The van der Waals surface area contributed by atoms with Crippen molar-refractivity contribution in [1.29, 1.82) is 21.0 Å². The predicted molar refractivity (Wildman–Crippen MR) is 228 cm³/mol. The van der Waals surface area contributed by atoms with Gasteiger partial charge in [0, 0.05) is 11.1 Å². The quantitative estimate of drug-likeness (QED) is 0.167.